The van der Waals surface area contributed by atoms with Gasteiger partial charge in [0.15, 0.2) is 5.65 Å². The molecule has 0 saturated heterocycles. The first-order valence-electron chi connectivity index (χ1n) is 20.5. The van der Waals surface area contributed by atoms with Gasteiger partial charge in [0, 0.05) is 43.6 Å². The van der Waals surface area contributed by atoms with Crippen molar-refractivity contribution in [1.82, 2.24) is 19.5 Å². The minimum atomic E-state index is -1.37. The summed E-state index contributed by atoms with van der Waals surface area (Å²) in [6.07, 6.45) is 5.06. The fourth-order valence-electron chi connectivity index (χ4n) is 7.91. The molecule has 5 nitrogen and oxygen atoms in total. The molecule has 0 aliphatic rings. The molecule has 1 radical (unpaired) electrons. The van der Waals surface area contributed by atoms with Gasteiger partial charge in [-0.3, -0.25) is 4.98 Å². The van der Waals surface area contributed by atoms with Crippen LogP contribution in [0.3, 0.4) is 0 Å². The fraction of sp³-hybridized carbons (Fsp3) is 0.226. The van der Waals surface area contributed by atoms with Crippen LogP contribution in [0.2, 0.25) is 19.6 Å². The van der Waals surface area contributed by atoms with Gasteiger partial charge < -0.3 is 14.0 Å². The quantitative estimate of drug-likeness (QED) is 0.123. The first kappa shape index (κ1) is 42.7. The summed E-state index contributed by atoms with van der Waals surface area (Å²) >= 11 is 0. The SMILES string of the molecule is CC(C)(C)Cc1cc(-c2[c-]cccc2)ncc1[Si](C)(C)C.CC(C)(C)c1ccnc2nc(-c3[c-]ccc4c3oc3ccccc34)n(-c3ccc(-c4ccccc4)cc3)c12.[Ir]. The van der Waals surface area contributed by atoms with Gasteiger partial charge in [-0.15, -0.1) is 54.1 Å². The molecular formula is C53H52IrN4OSi-2. The summed E-state index contributed by atoms with van der Waals surface area (Å²) in [4.78, 5) is 14.5. The predicted octanol–water partition coefficient (Wildman–Crippen LogP) is 13.4. The van der Waals surface area contributed by atoms with E-state index in [0.29, 0.717) is 5.65 Å². The molecule has 60 heavy (non-hydrogen) atoms. The van der Waals surface area contributed by atoms with Crippen molar-refractivity contribution in [3.63, 3.8) is 0 Å². The second kappa shape index (κ2) is 16.9. The Labute approximate surface area is 369 Å². The maximum absolute atomic E-state index is 6.39. The van der Waals surface area contributed by atoms with Crippen LogP contribution >= 0.6 is 0 Å². The standard InChI is InChI=1S/C34H26N3O.C19H26NSi.Ir/c1-34(2,3)28-20-21-35-32-30(28)37(24-18-16-23(17-19-24)22-10-5-4-6-11-22)33(36-32)27-14-9-13-26-25-12-7-8-15-29(25)38-31(26)27;1-19(2,3)13-16-12-17(15-10-8-7-9-11-15)20-14-18(16)21(4,5)6;/h4-13,15-21H,1-3H3;7-10,12,14H,13H2,1-6H3;/q2*-1;. The molecule has 0 N–H and O–H groups in total. The number of benzene rings is 5. The zero-order valence-electron chi connectivity index (χ0n) is 36.0. The third-order valence-electron chi connectivity index (χ3n) is 10.7. The number of hydrogen-bond acceptors (Lipinski definition) is 4. The summed E-state index contributed by atoms with van der Waals surface area (Å²) < 4.78 is 8.61. The molecule has 0 amide bonds. The Hall–Kier alpha value is -5.46. The second-order valence-corrected chi connectivity index (χ2v) is 23.7. The van der Waals surface area contributed by atoms with Crippen LogP contribution in [-0.2, 0) is 31.9 Å². The van der Waals surface area contributed by atoms with E-state index in [1.54, 1.807) is 0 Å². The third kappa shape index (κ3) is 8.85. The van der Waals surface area contributed by atoms with Crippen LogP contribution in [0.4, 0.5) is 0 Å². The largest absolute Gasteiger partial charge is 0.501 e. The Morgan fingerprint density at radius 2 is 1.40 bits per heavy atom. The molecule has 0 aliphatic carbocycles. The van der Waals surface area contributed by atoms with Crippen LogP contribution in [0, 0.1) is 17.5 Å². The minimum Gasteiger partial charge on any atom is -0.501 e. The van der Waals surface area contributed by atoms with E-state index in [4.69, 9.17) is 19.4 Å². The van der Waals surface area contributed by atoms with Gasteiger partial charge in [-0.25, -0.2) is 4.98 Å². The van der Waals surface area contributed by atoms with E-state index in [0.717, 1.165) is 62.2 Å². The molecule has 4 heterocycles. The Morgan fingerprint density at radius 1 is 0.700 bits per heavy atom. The zero-order valence-corrected chi connectivity index (χ0v) is 39.4. The summed E-state index contributed by atoms with van der Waals surface area (Å²) in [6.45, 7) is 20.8. The van der Waals surface area contributed by atoms with E-state index < -0.39 is 8.07 Å². The van der Waals surface area contributed by atoms with Crippen LogP contribution in [-0.4, -0.2) is 27.6 Å². The van der Waals surface area contributed by atoms with Crippen molar-refractivity contribution in [2.24, 2.45) is 5.41 Å². The summed E-state index contributed by atoms with van der Waals surface area (Å²) in [5, 5.41) is 3.62. The Bertz CT molecular complexity index is 2900. The number of furan rings is 1. The van der Waals surface area contributed by atoms with Crippen molar-refractivity contribution >= 4 is 46.4 Å². The average Bonchev–Trinajstić information content (AvgIpc) is 3.79. The van der Waals surface area contributed by atoms with E-state index in [9.17, 15) is 0 Å². The van der Waals surface area contributed by atoms with Crippen LogP contribution in [0.25, 0.3) is 72.6 Å². The maximum Gasteiger partial charge on any atom is 0.168 e. The third-order valence-corrected chi connectivity index (χ3v) is 12.7. The van der Waals surface area contributed by atoms with E-state index in [2.05, 4.69) is 163 Å². The molecule has 0 atom stereocenters. The monoisotopic (exact) mass is 981 g/mol. The molecule has 0 fully saturated rings. The van der Waals surface area contributed by atoms with E-state index >= 15 is 0 Å². The molecule has 0 aliphatic heterocycles. The smallest absolute Gasteiger partial charge is 0.168 e. The topological polar surface area (TPSA) is 56.7 Å². The predicted molar refractivity (Wildman–Crippen MR) is 249 cm³/mol. The Morgan fingerprint density at radius 3 is 2.08 bits per heavy atom. The zero-order chi connectivity index (χ0) is 41.5. The van der Waals surface area contributed by atoms with Gasteiger partial charge in [-0.1, -0.05) is 144 Å². The summed E-state index contributed by atoms with van der Waals surface area (Å²) in [7, 11) is -1.37. The maximum atomic E-state index is 6.39. The number of imidazole rings is 1. The molecule has 0 spiro atoms. The fourth-order valence-corrected chi connectivity index (χ4v) is 9.48. The Balaban J connectivity index is 0.000000212. The normalized spacial score (nSPS) is 12.0. The molecule has 4 aromatic heterocycles. The van der Waals surface area contributed by atoms with E-state index in [1.807, 2.05) is 54.7 Å². The van der Waals surface area contributed by atoms with Crippen molar-refractivity contribution < 1.29 is 24.5 Å². The van der Waals surface area contributed by atoms with Crippen molar-refractivity contribution in [3.05, 3.63) is 163 Å². The first-order valence-corrected chi connectivity index (χ1v) is 24.0. The number of rotatable bonds is 6. The van der Waals surface area contributed by atoms with Gasteiger partial charge >= 0.3 is 0 Å². The Kier molecular flexibility index (Phi) is 12.0. The number of aromatic nitrogens is 4. The van der Waals surface area contributed by atoms with Gasteiger partial charge in [-0.05, 0) is 69.1 Å². The van der Waals surface area contributed by atoms with Gasteiger partial charge in [0.25, 0.3) is 0 Å². The molecule has 0 unspecified atom stereocenters. The van der Waals surface area contributed by atoms with Gasteiger partial charge in [-0.2, -0.15) is 0 Å². The molecule has 305 valence electrons. The van der Waals surface area contributed by atoms with Crippen LogP contribution in [0.5, 0.6) is 0 Å². The van der Waals surface area contributed by atoms with E-state index in [1.165, 1.54) is 27.4 Å². The summed E-state index contributed by atoms with van der Waals surface area (Å²) in [6, 6.07) is 50.4. The van der Waals surface area contributed by atoms with Crippen molar-refractivity contribution in [1.29, 1.82) is 0 Å². The van der Waals surface area contributed by atoms with Gasteiger partial charge in [0.05, 0.1) is 25.0 Å². The number of para-hydroxylation sites is 1. The molecule has 9 rings (SSSR count). The molecule has 7 heteroatoms. The van der Waals surface area contributed by atoms with Crippen molar-refractivity contribution in [2.75, 3.05) is 0 Å². The molecule has 0 bridgehead atoms. The first-order chi connectivity index (χ1) is 28.2. The number of pyridine rings is 2. The van der Waals surface area contributed by atoms with Crippen LogP contribution in [0.1, 0.15) is 52.7 Å². The average molecular weight is 981 g/mol. The van der Waals surface area contributed by atoms with Gasteiger partial charge in [0.1, 0.15) is 5.58 Å². The van der Waals surface area contributed by atoms with Crippen molar-refractivity contribution in [3.8, 4) is 39.5 Å². The molecule has 9 aromatic rings. The number of hydrogen-bond donors (Lipinski definition) is 0. The number of fused-ring (bicyclic) bond motifs is 4. The molecule has 0 saturated carbocycles. The van der Waals surface area contributed by atoms with E-state index in [-0.39, 0.29) is 30.9 Å². The van der Waals surface area contributed by atoms with Gasteiger partial charge in [0.2, 0.25) is 0 Å². The van der Waals surface area contributed by atoms with Crippen LogP contribution < -0.4 is 5.19 Å². The van der Waals surface area contributed by atoms with Crippen molar-refractivity contribution in [2.45, 2.75) is 73.0 Å². The number of nitrogens with zero attached hydrogens (tertiary/aromatic N) is 4. The second-order valence-electron chi connectivity index (χ2n) is 18.6. The molecule has 5 aromatic carbocycles. The minimum absolute atomic E-state index is 0. The van der Waals surface area contributed by atoms with Crippen LogP contribution in [0.15, 0.2) is 144 Å². The molecular weight excluding hydrogens is 929 g/mol. The summed E-state index contributed by atoms with van der Waals surface area (Å²) in [5.74, 6) is 0.765. The summed E-state index contributed by atoms with van der Waals surface area (Å²) in [5.41, 5.74) is 12.5.